The van der Waals surface area contributed by atoms with Crippen molar-refractivity contribution < 1.29 is 9.59 Å². The number of carbonyl (C=O) groups is 2. The smallest absolute Gasteiger partial charge is 0.318 e. The van der Waals surface area contributed by atoms with Crippen LogP contribution in [0.5, 0.6) is 0 Å². The molecule has 0 spiro atoms. The van der Waals surface area contributed by atoms with E-state index in [0.717, 1.165) is 10.9 Å². The molecule has 2 N–H and O–H groups in total. The fourth-order valence-electron chi connectivity index (χ4n) is 2.13. The molecule has 0 aliphatic rings. The molecule has 0 aliphatic heterocycles. The first-order valence-electron chi connectivity index (χ1n) is 7.48. The molecule has 1 aromatic heterocycles. The lowest BCUT2D eigenvalue weighted by atomic mass is 10.2. The van der Waals surface area contributed by atoms with Gasteiger partial charge in [-0.1, -0.05) is 41.4 Å². The number of anilines is 1. The number of hydrogen-bond acceptors (Lipinski definition) is 4. The molecule has 2 aromatic carbocycles. The molecule has 0 atom stereocenters. The van der Waals surface area contributed by atoms with Gasteiger partial charge in [0, 0.05) is 21.7 Å². The third-order valence-corrected chi connectivity index (χ3v) is 3.94. The fraction of sp³-hybridized carbons (Fsp3) is 0. The fourth-order valence-corrected chi connectivity index (χ4v) is 2.45. The van der Waals surface area contributed by atoms with Gasteiger partial charge in [-0.2, -0.15) is 5.10 Å². The molecular formula is C18H12Cl2N4O2. The molecule has 1 heterocycles. The minimum absolute atomic E-state index is 0.243. The van der Waals surface area contributed by atoms with Crippen LogP contribution in [0, 0.1) is 0 Å². The second-order valence-electron chi connectivity index (χ2n) is 5.22. The van der Waals surface area contributed by atoms with E-state index in [-0.39, 0.29) is 5.15 Å². The van der Waals surface area contributed by atoms with Crippen molar-refractivity contribution in [3.8, 4) is 0 Å². The van der Waals surface area contributed by atoms with Crippen LogP contribution >= 0.6 is 23.2 Å². The van der Waals surface area contributed by atoms with E-state index in [9.17, 15) is 9.59 Å². The molecule has 0 fully saturated rings. The highest BCUT2D eigenvalue weighted by Crippen LogP contribution is 2.19. The Labute approximate surface area is 158 Å². The molecule has 0 radical (unpaired) electrons. The summed E-state index contributed by atoms with van der Waals surface area (Å²) in [5, 5.41) is 7.83. The summed E-state index contributed by atoms with van der Waals surface area (Å²) in [6.45, 7) is 0. The van der Waals surface area contributed by atoms with Crippen LogP contribution < -0.4 is 10.7 Å². The predicted octanol–water partition coefficient (Wildman–Crippen LogP) is 3.63. The summed E-state index contributed by atoms with van der Waals surface area (Å²) in [6.07, 6.45) is 1.33. The molecule has 3 aromatic rings. The Morgan fingerprint density at radius 3 is 2.50 bits per heavy atom. The van der Waals surface area contributed by atoms with Gasteiger partial charge in [0.1, 0.15) is 5.15 Å². The normalized spacial score (nSPS) is 10.8. The summed E-state index contributed by atoms with van der Waals surface area (Å²) < 4.78 is 0. The summed E-state index contributed by atoms with van der Waals surface area (Å²) in [4.78, 5) is 27.8. The van der Waals surface area contributed by atoms with Crippen molar-refractivity contribution in [3.05, 3.63) is 70.3 Å². The van der Waals surface area contributed by atoms with Gasteiger partial charge in [0.25, 0.3) is 0 Å². The molecule has 6 nitrogen and oxygen atoms in total. The highest BCUT2D eigenvalue weighted by molar-refractivity contribution is 6.39. The summed E-state index contributed by atoms with van der Waals surface area (Å²) in [7, 11) is 0. The van der Waals surface area contributed by atoms with Crippen LogP contribution in [-0.4, -0.2) is 23.0 Å². The maximum Gasteiger partial charge on any atom is 0.329 e. The molecule has 0 saturated heterocycles. The number of pyridine rings is 1. The number of halogens is 2. The molecule has 0 saturated carbocycles. The molecular weight excluding hydrogens is 375 g/mol. The topological polar surface area (TPSA) is 83.5 Å². The highest BCUT2D eigenvalue weighted by Gasteiger charge is 2.12. The third kappa shape index (κ3) is 4.36. The van der Waals surface area contributed by atoms with Crippen LogP contribution in [0.3, 0.4) is 0 Å². The quantitative estimate of drug-likeness (QED) is 0.312. The van der Waals surface area contributed by atoms with Gasteiger partial charge in [0.15, 0.2) is 0 Å². The first kappa shape index (κ1) is 17.8. The van der Waals surface area contributed by atoms with Crippen LogP contribution in [-0.2, 0) is 9.59 Å². The van der Waals surface area contributed by atoms with Crippen molar-refractivity contribution in [2.24, 2.45) is 5.10 Å². The van der Waals surface area contributed by atoms with E-state index in [2.05, 4.69) is 20.8 Å². The summed E-state index contributed by atoms with van der Waals surface area (Å²) in [5.74, 6) is -1.77. The van der Waals surface area contributed by atoms with Crippen LogP contribution in [0.1, 0.15) is 5.56 Å². The maximum atomic E-state index is 11.8. The standard InChI is InChI=1S/C18H12Cl2N4O2/c19-13-5-7-14(8-6-13)22-17(25)18(26)24-21-10-12-9-11-3-1-2-4-15(11)23-16(12)20/h1-10H,(H,22,25)(H,24,26). The number of hydrogen-bond donors (Lipinski definition) is 2. The van der Waals surface area contributed by atoms with Gasteiger partial charge in [-0.15, -0.1) is 0 Å². The monoisotopic (exact) mass is 386 g/mol. The van der Waals surface area contributed by atoms with E-state index in [4.69, 9.17) is 23.2 Å². The van der Waals surface area contributed by atoms with Crippen LogP contribution in [0.4, 0.5) is 5.69 Å². The second kappa shape index (κ2) is 7.95. The lowest BCUT2D eigenvalue weighted by molar-refractivity contribution is -0.136. The molecule has 0 bridgehead atoms. The number of hydrazone groups is 1. The molecule has 8 heteroatoms. The number of amides is 2. The van der Waals surface area contributed by atoms with Crippen LogP contribution in [0.25, 0.3) is 10.9 Å². The van der Waals surface area contributed by atoms with Crippen molar-refractivity contribution in [1.29, 1.82) is 0 Å². The Hall–Kier alpha value is -2.96. The number of nitrogens with zero attached hydrogens (tertiary/aromatic N) is 2. The molecule has 0 unspecified atom stereocenters. The average Bonchev–Trinajstić information content (AvgIpc) is 2.63. The predicted molar refractivity (Wildman–Crippen MR) is 103 cm³/mol. The van der Waals surface area contributed by atoms with Gasteiger partial charge in [0.2, 0.25) is 0 Å². The second-order valence-corrected chi connectivity index (χ2v) is 6.02. The number of nitrogens with one attached hydrogen (secondary N) is 2. The minimum Gasteiger partial charge on any atom is -0.318 e. The van der Waals surface area contributed by atoms with Gasteiger partial charge in [-0.3, -0.25) is 9.59 Å². The first-order chi connectivity index (χ1) is 12.5. The third-order valence-electron chi connectivity index (χ3n) is 3.38. The van der Waals surface area contributed by atoms with E-state index in [1.807, 2.05) is 24.3 Å². The molecule has 0 aliphatic carbocycles. The van der Waals surface area contributed by atoms with Gasteiger partial charge in [-0.25, -0.2) is 10.4 Å². The molecule has 3 rings (SSSR count). The Balaban J connectivity index is 1.64. The summed E-state index contributed by atoms with van der Waals surface area (Å²) in [5.41, 5.74) is 3.86. The lowest BCUT2D eigenvalue weighted by Crippen LogP contribution is -2.32. The highest BCUT2D eigenvalue weighted by atomic mass is 35.5. The largest absolute Gasteiger partial charge is 0.329 e. The van der Waals surface area contributed by atoms with E-state index in [1.165, 1.54) is 6.21 Å². The Bertz CT molecular complexity index is 1000. The van der Waals surface area contributed by atoms with Gasteiger partial charge < -0.3 is 5.32 Å². The van der Waals surface area contributed by atoms with E-state index < -0.39 is 11.8 Å². The van der Waals surface area contributed by atoms with E-state index >= 15 is 0 Å². The summed E-state index contributed by atoms with van der Waals surface area (Å²) >= 11 is 11.9. The zero-order valence-electron chi connectivity index (χ0n) is 13.2. The maximum absolute atomic E-state index is 11.8. The number of benzene rings is 2. The van der Waals surface area contributed by atoms with Crippen molar-refractivity contribution >= 4 is 57.8 Å². The number of fused-ring (bicyclic) bond motifs is 1. The minimum atomic E-state index is -0.916. The first-order valence-corrected chi connectivity index (χ1v) is 8.24. The van der Waals surface area contributed by atoms with Crippen LogP contribution in [0.2, 0.25) is 10.2 Å². The van der Waals surface area contributed by atoms with E-state index in [0.29, 0.717) is 16.3 Å². The van der Waals surface area contributed by atoms with Crippen molar-refractivity contribution in [2.45, 2.75) is 0 Å². The molecule has 130 valence electrons. The van der Waals surface area contributed by atoms with Crippen molar-refractivity contribution in [2.75, 3.05) is 5.32 Å². The number of para-hydroxylation sites is 1. The Morgan fingerprint density at radius 1 is 1.00 bits per heavy atom. The number of aromatic nitrogens is 1. The van der Waals surface area contributed by atoms with Crippen molar-refractivity contribution in [3.63, 3.8) is 0 Å². The molecule has 26 heavy (non-hydrogen) atoms. The Kier molecular flexibility index (Phi) is 5.46. The Morgan fingerprint density at radius 2 is 1.73 bits per heavy atom. The number of rotatable bonds is 3. The van der Waals surface area contributed by atoms with Gasteiger partial charge in [0.05, 0.1) is 11.7 Å². The van der Waals surface area contributed by atoms with Gasteiger partial charge >= 0.3 is 11.8 Å². The van der Waals surface area contributed by atoms with Gasteiger partial charge in [-0.05, 0) is 36.4 Å². The van der Waals surface area contributed by atoms with Crippen LogP contribution in [0.15, 0.2) is 59.7 Å². The van der Waals surface area contributed by atoms with E-state index in [1.54, 1.807) is 30.3 Å². The number of carbonyl (C=O) groups excluding carboxylic acids is 2. The van der Waals surface area contributed by atoms with Crippen molar-refractivity contribution in [1.82, 2.24) is 10.4 Å². The summed E-state index contributed by atoms with van der Waals surface area (Å²) in [6, 6.07) is 15.6. The average molecular weight is 387 g/mol. The zero-order chi connectivity index (χ0) is 18.5. The molecule has 2 amide bonds. The SMILES string of the molecule is O=C(NN=Cc1cc2ccccc2nc1Cl)C(=O)Nc1ccc(Cl)cc1. The lowest BCUT2D eigenvalue weighted by Gasteiger charge is -2.04. The zero-order valence-corrected chi connectivity index (χ0v) is 14.8.